The molecule has 0 aliphatic carbocycles. The summed E-state index contributed by atoms with van der Waals surface area (Å²) in [5.41, 5.74) is -1.25. The number of halogens is 2. The van der Waals surface area contributed by atoms with E-state index >= 15 is 4.39 Å². The SMILES string of the molecule is CC(C)OC(=O)[C@H](C)NP(=O)(OC[C@H]1O[C@@H](N2C=CCNC2=O)[C@](C)(F)[C@@H]1O)Oc1ccc(-c2ccnc(F)c2)cc1. The van der Waals surface area contributed by atoms with Gasteiger partial charge in [-0.2, -0.15) is 9.48 Å². The summed E-state index contributed by atoms with van der Waals surface area (Å²) >= 11 is 0. The number of carbonyl (C=O) groups is 2. The van der Waals surface area contributed by atoms with Crippen molar-refractivity contribution in [2.24, 2.45) is 0 Å². The van der Waals surface area contributed by atoms with Crippen LogP contribution in [0.5, 0.6) is 5.75 Å². The van der Waals surface area contributed by atoms with E-state index in [9.17, 15) is 23.7 Å². The average molecular weight is 611 g/mol. The fraction of sp³-hybridized carbons (Fsp3) is 0.444. The number of hydrogen-bond acceptors (Lipinski definition) is 9. The first-order valence-corrected chi connectivity index (χ1v) is 14.7. The molecule has 3 heterocycles. The highest BCUT2D eigenvalue weighted by Gasteiger charge is 2.57. The minimum atomic E-state index is -4.42. The van der Waals surface area contributed by atoms with Gasteiger partial charge in [0.2, 0.25) is 5.95 Å². The highest BCUT2D eigenvalue weighted by atomic mass is 31.2. The molecule has 0 saturated carbocycles. The summed E-state index contributed by atoms with van der Waals surface area (Å²) in [6.45, 7) is 5.38. The first-order chi connectivity index (χ1) is 19.8. The van der Waals surface area contributed by atoms with E-state index in [2.05, 4.69) is 15.4 Å². The number of esters is 1. The quantitative estimate of drug-likeness (QED) is 0.196. The first kappa shape index (κ1) is 31.5. The van der Waals surface area contributed by atoms with Crippen molar-refractivity contribution < 1.29 is 46.6 Å². The van der Waals surface area contributed by atoms with Crippen LogP contribution >= 0.6 is 7.75 Å². The molecule has 15 heteroatoms. The normalized spacial score (nSPS) is 26.0. The molecular formula is C27H33F2N4O8P. The van der Waals surface area contributed by atoms with Crippen molar-refractivity contribution in [3.8, 4) is 16.9 Å². The highest BCUT2D eigenvalue weighted by molar-refractivity contribution is 7.52. The molecule has 1 aromatic carbocycles. The van der Waals surface area contributed by atoms with Gasteiger partial charge in [-0.25, -0.2) is 18.7 Å². The second-order valence-corrected chi connectivity index (χ2v) is 11.9. The Kier molecular flexibility index (Phi) is 9.63. The molecule has 12 nitrogen and oxygen atoms in total. The van der Waals surface area contributed by atoms with Crippen LogP contribution in [0.4, 0.5) is 13.6 Å². The Morgan fingerprint density at radius 2 is 2.00 bits per heavy atom. The fourth-order valence-electron chi connectivity index (χ4n) is 4.32. The third-order valence-corrected chi connectivity index (χ3v) is 8.09. The van der Waals surface area contributed by atoms with E-state index in [1.807, 2.05) is 0 Å². The van der Waals surface area contributed by atoms with E-state index in [4.69, 9.17) is 18.5 Å². The van der Waals surface area contributed by atoms with Gasteiger partial charge in [-0.3, -0.25) is 14.2 Å². The maximum atomic E-state index is 15.6. The molecule has 1 saturated heterocycles. The summed E-state index contributed by atoms with van der Waals surface area (Å²) in [5.74, 6) is -1.33. The number of hydrogen-bond donors (Lipinski definition) is 3. The molecule has 2 aliphatic rings. The van der Waals surface area contributed by atoms with Crippen LogP contribution in [-0.4, -0.2) is 76.4 Å². The lowest BCUT2D eigenvalue weighted by atomic mass is 9.98. The van der Waals surface area contributed by atoms with Gasteiger partial charge in [0.15, 0.2) is 11.9 Å². The second kappa shape index (κ2) is 12.8. The van der Waals surface area contributed by atoms with Crippen LogP contribution in [0.15, 0.2) is 54.9 Å². The second-order valence-electron chi connectivity index (χ2n) is 10.2. The Labute approximate surface area is 241 Å². The predicted molar refractivity (Wildman–Crippen MR) is 146 cm³/mol. The summed E-state index contributed by atoms with van der Waals surface area (Å²) in [6, 6.07) is 7.17. The molecule has 0 bridgehead atoms. The lowest BCUT2D eigenvalue weighted by Gasteiger charge is -2.33. The van der Waals surface area contributed by atoms with Gasteiger partial charge in [-0.1, -0.05) is 12.1 Å². The van der Waals surface area contributed by atoms with E-state index < -0.39 is 68.6 Å². The maximum absolute atomic E-state index is 15.6. The topological polar surface area (TPSA) is 149 Å². The zero-order valence-corrected chi connectivity index (χ0v) is 24.3. The molecule has 6 atom stereocenters. The van der Waals surface area contributed by atoms with Gasteiger partial charge in [0.25, 0.3) is 0 Å². The largest absolute Gasteiger partial charge is 0.462 e. The molecule has 2 aromatic rings. The molecule has 42 heavy (non-hydrogen) atoms. The number of benzene rings is 1. The van der Waals surface area contributed by atoms with Gasteiger partial charge in [0.1, 0.15) is 24.0 Å². The zero-order valence-electron chi connectivity index (χ0n) is 23.4. The van der Waals surface area contributed by atoms with Crippen molar-refractivity contribution in [1.82, 2.24) is 20.3 Å². The standard InChI is InChI=1S/C27H33F2N4O8P/c1-16(2)39-24(35)17(3)32-42(37,41-20-8-6-18(7-9-20)19-10-12-30-22(28)14-19)38-15-21-23(34)27(4,29)25(40-21)33-13-5-11-31-26(33)36/h5-10,12-14,16-17,21,23,25,34H,11,15H2,1-4H3,(H,31,36)(H,32,37)/t17-,21+,23+,25+,27+,42?/m0/s1. The van der Waals surface area contributed by atoms with E-state index in [1.54, 1.807) is 38.1 Å². The summed E-state index contributed by atoms with van der Waals surface area (Å²) in [5, 5.41) is 15.7. The number of amides is 2. The van der Waals surface area contributed by atoms with Crippen LogP contribution in [0.25, 0.3) is 11.1 Å². The first-order valence-electron chi connectivity index (χ1n) is 13.2. The van der Waals surface area contributed by atoms with Gasteiger partial charge in [0.05, 0.1) is 12.7 Å². The van der Waals surface area contributed by atoms with E-state index in [-0.39, 0.29) is 12.3 Å². The third kappa shape index (κ3) is 7.31. The van der Waals surface area contributed by atoms with Gasteiger partial charge in [-0.15, -0.1) is 0 Å². The Bertz CT molecular complexity index is 1360. The Hall–Kier alpha value is -3.42. The summed E-state index contributed by atoms with van der Waals surface area (Å²) < 4.78 is 65.1. The summed E-state index contributed by atoms with van der Waals surface area (Å²) in [4.78, 5) is 29.2. The molecule has 3 N–H and O–H groups in total. The minimum Gasteiger partial charge on any atom is -0.462 e. The van der Waals surface area contributed by atoms with Crippen molar-refractivity contribution in [2.45, 2.75) is 63.9 Å². The number of aliphatic hydroxyl groups excluding tert-OH is 1. The van der Waals surface area contributed by atoms with Crippen molar-refractivity contribution in [1.29, 1.82) is 0 Å². The minimum absolute atomic E-state index is 0.0600. The molecule has 1 aromatic heterocycles. The molecule has 228 valence electrons. The lowest BCUT2D eigenvalue weighted by molar-refractivity contribution is -0.149. The molecule has 2 amide bonds. The number of nitrogens with one attached hydrogen (secondary N) is 2. The molecule has 0 spiro atoms. The van der Waals surface area contributed by atoms with Crippen LogP contribution in [0.3, 0.4) is 0 Å². The lowest BCUT2D eigenvalue weighted by Crippen LogP contribution is -2.54. The monoisotopic (exact) mass is 610 g/mol. The van der Waals surface area contributed by atoms with E-state index in [0.29, 0.717) is 11.1 Å². The number of rotatable bonds is 11. The number of nitrogens with zero attached hydrogens (tertiary/aromatic N) is 2. The number of aromatic nitrogens is 1. The Morgan fingerprint density at radius 1 is 1.29 bits per heavy atom. The number of alkyl halides is 1. The van der Waals surface area contributed by atoms with Gasteiger partial charge in [0, 0.05) is 25.0 Å². The van der Waals surface area contributed by atoms with Crippen LogP contribution in [0.2, 0.25) is 0 Å². The van der Waals surface area contributed by atoms with Crippen molar-refractivity contribution in [3.05, 3.63) is 60.8 Å². The smallest absolute Gasteiger partial charge is 0.459 e. The summed E-state index contributed by atoms with van der Waals surface area (Å²) in [7, 11) is -4.42. The Balaban J connectivity index is 1.52. The van der Waals surface area contributed by atoms with Crippen molar-refractivity contribution in [3.63, 3.8) is 0 Å². The number of aliphatic hydroxyl groups is 1. The Morgan fingerprint density at radius 3 is 2.64 bits per heavy atom. The molecule has 0 radical (unpaired) electrons. The van der Waals surface area contributed by atoms with Crippen molar-refractivity contribution >= 4 is 19.7 Å². The zero-order chi connectivity index (χ0) is 30.7. The number of ether oxygens (including phenoxy) is 2. The number of carbonyl (C=O) groups excluding carboxylic acids is 2. The molecule has 1 fully saturated rings. The van der Waals surface area contributed by atoms with Gasteiger partial charge in [-0.05, 0) is 63.1 Å². The van der Waals surface area contributed by atoms with E-state index in [1.165, 1.54) is 37.5 Å². The maximum Gasteiger partial charge on any atom is 0.459 e. The molecular weight excluding hydrogens is 577 g/mol. The van der Waals surface area contributed by atoms with Crippen LogP contribution in [-0.2, 0) is 23.4 Å². The average Bonchev–Trinajstić information content (AvgIpc) is 3.15. The van der Waals surface area contributed by atoms with Gasteiger partial charge < -0.3 is 24.4 Å². The molecule has 4 rings (SSSR count). The number of urea groups is 1. The van der Waals surface area contributed by atoms with E-state index in [0.717, 1.165) is 11.8 Å². The highest BCUT2D eigenvalue weighted by Crippen LogP contribution is 2.47. The van der Waals surface area contributed by atoms with Crippen molar-refractivity contribution in [2.75, 3.05) is 13.2 Å². The third-order valence-electron chi connectivity index (χ3n) is 6.45. The van der Waals surface area contributed by atoms with Crippen LogP contribution in [0, 0.1) is 5.95 Å². The van der Waals surface area contributed by atoms with Crippen LogP contribution in [0.1, 0.15) is 27.7 Å². The van der Waals surface area contributed by atoms with Crippen LogP contribution < -0.4 is 14.9 Å². The summed E-state index contributed by atoms with van der Waals surface area (Å²) in [6.07, 6.45) is -0.849. The molecule has 1 unspecified atom stereocenters. The van der Waals surface area contributed by atoms with Gasteiger partial charge >= 0.3 is 19.7 Å². The fourth-order valence-corrected chi connectivity index (χ4v) is 5.82. The molecule has 2 aliphatic heterocycles. The number of pyridine rings is 1. The predicted octanol–water partition coefficient (Wildman–Crippen LogP) is 3.67.